The first-order valence-electron chi connectivity index (χ1n) is 9.63. The van der Waals surface area contributed by atoms with Crippen LogP contribution in [0.5, 0.6) is 11.5 Å². The Labute approximate surface area is 178 Å². The average molecular weight is 423 g/mol. The molecule has 6 heteroatoms. The molecule has 4 aromatic rings. The van der Waals surface area contributed by atoms with E-state index in [4.69, 9.17) is 14.5 Å². The van der Waals surface area contributed by atoms with Crippen LogP contribution in [0.2, 0.25) is 0 Å². The summed E-state index contributed by atoms with van der Waals surface area (Å²) < 4.78 is 12.4. The minimum absolute atomic E-state index is 0.200. The SMILES string of the molecule is COc1cc2c(cc1OC)[C@H](c1cccs1)N(Cc1nc3ccccc3s1)CC2. The van der Waals surface area contributed by atoms with Crippen LogP contribution in [0.4, 0.5) is 0 Å². The van der Waals surface area contributed by atoms with Crippen LogP contribution in [-0.4, -0.2) is 30.6 Å². The maximum Gasteiger partial charge on any atom is 0.161 e. The fraction of sp³-hybridized carbons (Fsp3) is 0.261. The van der Waals surface area contributed by atoms with Gasteiger partial charge in [0, 0.05) is 11.4 Å². The van der Waals surface area contributed by atoms with Crippen LogP contribution in [-0.2, 0) is 13.0 Å². The van der Waals surface area contributed by atoms with Crippen molar-refractivity contribution in [2.75, 3.05) is 20.8 Å². The second kappa shape index (κ2) is 7.78. The maximum atomic E-state index is 5.61. The van der Waals surface area contributed by atoms with Crippen LogP contribution in [0.25, 0.3) is 10.2 Å². The number of aromatic nitrogens is 1. The lowest BCUT2D eigenvalue weighted by atomic mass is 9.91. The molecular formula is C23H22N2O2S2. The molecule has 0 saturated heterocycles. The standard InChI is InChI=1S/C23H22N2O2S2/c1-26-18-12-15-9-10-25(14-22-24-17-6-3-4-7-20(17)29-22)23(21-8-5-11-28-21)16(15)13-19(18)27-2/h3-8,11-13,23H,9-10,14H2,1-2H3/t23-/m1/s1. The van der Waals surface area contributed by atoms with Crippen LogP contribution >= 0.6 is 22.7 Å². The molecule has 1 aliphatic heterocycles. The van der Waals surface area contributed by atoms with Crippen LogP contribution in [0, 0.1) is 0 Å². The summed E-state index contributed by atoms with van der Waals surface area (Å²) in [4.78, 5) is 8.76. The first kappa shape index (κ1) is 18.6. The van der Waals surface area contributed by atoms with Gasteiger partial charge < -0.3 is 9.47 Å². The van der Waals surface area contributed by atoms with E-state index in [1.165, 1.54) is 20.7 Å². The highest BCUT2D eigenvalue weighted by Crippen LogP contribution is 2.43. The highest BCUT2D eigenvalue weighted by molar-refractivity contribution is 7.18. The van der Waals surface area contributed by atoms with Gasteiger partial charge in [-0.15, -0.1) is 22.7 Å². The minimum atomic E-state index is 0.200. The van der Waals surface area contributed by atoms with Gasteiger partial charge in [-0.25, -0.2) is 4.98 Å². The lowest BCUT2D eigenvalue weighted by Crippen LogP contribution is -2.35. The van der Waals surface area contributed by atoms with E-state index in [0.717, 1.165) is 41.5 Å². The summed E-state index contributed by atoms with van der Waals surface area (Å²) in [6.07, 6.45) is 0.989. The van der Waals surface area contributed by atoms with Gasteiger partial charge >= 0.3 is 0 Å². The minimum Gasteiger partial charge on any atom is -0.493 e. The first-order chi connectivity index (χ1) is 14.3. The number of thiazole rings is 1. The van der Waals surface area contributed by atoms with E-state index < -0.39 is 0 Å². The molecule has 0 radical (unpaired) electrons. The molecule has 2 aromatic heterocycles. The van der Waals surface area contributed by atoms with E-state index in [1.54, 1.807) is 36.9 Å². The molecule has 3 heterocycles. The molecule has 1 aliphatic rings. The van der Waals surface area contributed by atoms with E-state index in [-0.39, 0.29) is 6.04 Å². The number of hydrogen-bond acceptors (Lipinski definition) is 6. The summed E-state index contributed by atoms with van der Waals surface area (Å²) in [5.41, 5.74) is 3.73. The Morgan fingerprint density at radius 2 is 1.90 bits per heavy atom. The molecule has 4 nitrogen and oxygen atoms in total. The Morgan fingerprint density at radius 1 is 1.07 bits per heavy atom. The monoisotopic (exact) mass is 422 g/mol. The summed E-state index contributed by atoms with van der Waals surface area (Å²) in [6.45, 7) is 1.83. The Hall–Kier alpha value is -2.41. The highest BCUT2D eigenvalue weighted by atomic mass is 32.1. The topological polar surface area (TPSA) is 34.6 Å². The van der Waals surface area contributed by atoms with Gasteiger partial charge in [0.2, 0.25) is 0 Å². The largest absolute Gasteiger partial charge is 0.493 e. The fourth-order valence-electron chi connectivity index (χ4n) is 4.11. The molecule has 0 fully saturated rings. The lowest BCUT2D eigenvalue weighted by Gasteiger charge is -2.37. The number of ether oxygens (including phenoxy) is 2. The van der Waals surface area contributed by atoms with Crippen molar-refractivity contribution in [1.82, 2.24) is 9.88 Å². The molecule has 1 atom stereocenters. The zero-order chi connectivity index (χ0) is 19.8. The normalized spacial score (nSPS) is 16.7. The van der Waals surface area contributed by atoms with E-state index in [0.29, 0.717) is 0 Å². The highest BCUT2D eigenvalue weighted by Gasteiger charge is 2.31. The Morgan fingerprint density at radius 3 is 2.66 bits per heavy atom. The van der Waals surface area contributed by atoms with Crippen molar-refractivity contribution < 1.29 is 9.47 Å². The molecule has 0 aliphatic carbocycles. The number of nitrogens with zero attached hydrogens (tertiary/aromatic N) is 2. The molecule has 29 heavy (non-hydrogen) atoms. The van der Waals surface area contributed by atoms with Gasteiger partial charge in [-0.05, 0) is 53.3 Å². The van der Waals surface area contributed by atoms with Crippen molar-refractivity contribution in [3.63, 3.8) is 0 Å². The zero-order valence-corrected chi connectivity index (χ0v) is 18.1. The molecule has 0 amide bonds. The van der Waals surface area contributed by atoms with Crippen molar-refractivity contribution in [1.29, 1.82) is 0 Å². The van der Waals surface area contributed by atoms with Crippen molar-refractivity contribution in [3.8, 4) is 11.5 Å². The average Bonchev–Trinajstić information content (AvgIpc) is 3.42. The Balaban J connectivity index is 1.55. The summed E-state index contributed by atoms with van der Waals surface area (Å²) in [5, 5.41) is 3.32. The predicted octanol–water partition coefficient (Wildman–Crippen LogP) is 5.52. The van der Waals surface area contributed by atoms with Gasteiger partial charge in [0.15, 0.2) is 11.5 Å². The van der Waals surface area contributed by atoms with Gasteiger partial charge in [-0.3, -0.25) is 4.90 Å². The van der Waals surface area contributed by atoms with Crippen molar-refractivity contribution in [2.24, 2.45) is 0 Å². The molecule has 0 N–H and O–H groups in total. The summed E-state index contributed by atoms with van der Waals surface area (Å²) in [7, 11) is 3.40. The van der Waals surface area contributed by atoms with Crippen LogP contribution in [0.3, 0.4) is 0 Å². The van der Waals surface area contributed by atoms with Crippen LogP contribution in [0.15, 0.2) is 53.9 Å². The second-order valence-corrected chi connectivity index (χ2v) is 9.21. The van der Waals surface area contributed by atoms with Crippen molar-refractivity contribution in [3.05, 3.63) is 74.9 Å². The molecule has 0 bridgehead atoms. The summed E-state index contributed by atoms with van der Waals surface area (Å²) >= 11 is 3.60. The maximum absolute atomic E-state index is 5.61. The quantitative estimate of drug-likeness (QED) is 0.424. The summed E-state index contributed by atoms with van der Waals surface area (Å²) in [6, 6.07) is 17.2. The molecule has 0 spiro atoms. The van der Waals surface area contributed by atoms with Gasteiger partial charge in [-0.2, -0.15) is 0 Å². The van der Waals surface area contributed by atoms with Gasteiger partial charge in [0.1, 0.15) is 5.01 Å². The number of hydrogen-bond donors (Lipinski definition) is 0. The number of methoxy groups -OCH3 is 2. The molecular weight excluding hydrogens is 400 g/mol. The van der Waals surface area contributed by atoms with Crippen molar-refractivity contribution >= 4 is 32.9 Å². The van der Waals surface area contributed by atoms with Crippen LogP contribution in [0.1, 0.15) is 27.1 Å². The third-order valence-electron chi connectivity index (χ3n) is 5.46. The predicted molar refractivity (Wildman–Crippen MR) is 119 cm³/mol. The van der Waals surface area contributed by atoms with E-state index in [9.17, 15) is 0 Å². The molecule has 0 unspecified atom stereocenters. The van der Waals surface area contributed by atoms with Gasteiger partial charge in [0.05, 0.1) is 37.0 Å². The third kappa shape index (κ3) is 3.41. The van der Waals surface area contributed by atoms with Crippen LogP contribution < -0.4 is 9.47 Å². The zero-order valence-electron chi connectivity index (χ0n) is 16.4. The number of para-hydroxylation sites is 1. The number of thiophene rings is 1. The fourth-order valence-corrected chi connectivity index (χ4v) is 5.98. The molecule has 5 rings (SSSR count). The Bertz CT molecular complexity index is 1100. The van der Waals surface area contributed by atoms with Crippen molar-refractivity contribution in [2.45, 2.75) is 19.0 Å². The van der Waals surface area contributed by atoms with E-state index in [2.05, 4.69) is 58.8 Å². The smallest absolute Gasteiger partial charge is 0.161 e. The summed E-state index contributed by atoms with van der Waals surface area (Å²) in [5.74, 6) is 1.59. The first-order valence-corrected chi connectivity index (χ1v) is 11.3. The lowest BCUT2D eigenvalue weighted by molar-refractivity contribution is 0.206. The van der Waals surface area contributed by atoms with E-state index in [1.807, 2.05) is 0 Å². The van der Waals surface area contributed by atoms with Gasteiger partial charge in [0.25, 0.3) is 0 Å². The number of fused-ring (bicyclic) bond motifs is 2. The second-order valence-electron chi connectivity index (χ2n) is 7.12. The molecule has 2 aromatic carbocycles. The molecule has 0 saturated carbocycles. The third-order valence-corrected chi connectivity index (χ3v) is 7.41. The Kier molecular flexibility index (Phi) is 4.99. The number of benzene rings is 2. The number of rotatable bonds is 5. The van der Waals surface area contributed by atoms with E-state index >= 15 is 0 Å². The molecule has 148 valence electrons. The van der Waals surface area contributed by atoms with Gasteiger partial charge in [-0.1, -0.05) is 18.2 Å².